The molecule has 2 aliphatic rings. The van der Waals surface area contributed by atoms with Gasteiger partial charge in [0.25, 0.3) is 0 Å². The average Bonchev–Trinajstić information content (AvgIpc) is 3.28. The number of rotatable bonds is 6. The fourth-order valence-corrected chi connectivity index (χ4v) is 3.16. The summed E-state index contributed by atoms with van der Waals surface area (Å²) in [7, 11) is 1.62. The third-order valence-electron chi connectivity index (χ3n) is 4.57. The van der Waals surface area contributed by atoms with E-state index < -0.39 is 5.97 Å². The maximum Gasteiger partial charge on any atom is 0.304 e. The zero-order chi connectivity index (χ0) is 15.6. The molecule has 0 radical (unpaired) electrons. The number of aliphatic carboxylic acids is 1. The van der Waals surface area contributed by atoms with Crippen molar-refractivity contribution < 1.29 is 24.1 Å². The number of hydrogen-bond donors (Lipinski definition) is 1. The summed E-state index contributed by atoms with van der Waals surface area (Å²) in [6.45, 7) is 1.41. The monoisotopic (exact) mass is 306 g/mol. The number of benzene rings is 1. The van der Waals surface area contributed by atoms with Crippen molar-refractivity contribution in [2.45, 2.75) is 43.6 Å². The Bertz CT molecular complexity index is 544. The standard InChI is InChI=1S/C17H22O5/c1-20-14-4-2-3-13(17(7-8-17)11-15(18)19)16(14)22-12-5-9-21-10-6-12/h2-4,12H,5-11H2,1H3,(H,18,19). The molecular weight excluding hydrogens is 284 g/mol. The smallest absolute Gasteiger partial charge is 0.304 e. The van der Waals surface area contributed by atoms with Gasteiger partial charge < -0.3 is 19.3 Å². The van der Waals surface area contributed by atoms with Crippen molar-refractivity contribution in [3.63, 3.8) is 0 Å². The molecule has 1 aliphatic carbocycles. The van der Waals surface area contributed by atoms with E-state index in [1.54, 1.807) is 7.11 Å². The van der Waals surface area contributed by atoms with Gasteiger partial charge in [0.1, 0.15) is 6.10 Å². The number of para-hydroxylation sites is 1. The molecule has 120 valence electrons. The molecule has 5 nitrogen and oxygen atoms in total. The minimum atomic E-state index is -0.766. The van der Waals surface area contributed by atoms with Crippen molar-refractivity contribution in [2.75, 3.05) is 20.3 Å². The van der Waals surface area contributed by atoms with Gasteiger partial charge in [-0.05, 0) is 18.9 Å². The van der Waals surface area contributed by atoms with Crippen LogP contribution in [0.2, 0.25) is 0 Å². The Morgan fingerprint density at radius 2 is 2.09 bits per heavy atom. The molecule has 22 heavy (non-hydrogen) atoms. The van der Waals surface area contributed by atoms with Crippen LogP contribution in [-0.2, 0) is 14.9 Å². The lowest BCUT2D eigenvalue weighted by atomic mass is 9.91. The first-order valence-electron chi connectivity index (χ1n) is 7.78. The lowest BCUT2D eigenvalue weighted by Crippen LogP contribution is -2.27. The summed E-state index contributed by atoms with van der Waals surface area (Å²) in [4.78, 5) is 11.2. The molecule has 0 amide bonds. The van der Waals surface area contributed by atoms with E-state index in [4.69, 9.17) is 14.2 Å². The Kier molecular flexibility index (Phi) is 4.25. The maximum absolute atomic E-state index is 11.2. The van der Waals surface area contributed by atoms with Crippen LogP contribution in [0.4, 0.5) is 0 Å². The first-order chi connectivity index (χ1) is 10.6. The highest BCUT2D eigenvalue weighted by Gasteiger charge is 2.48. The molecule has 0 bridgehead atoms. The fraction of sp³-hybridized carbons (Fsp3) is 0.588. The SMILES string of the molecule is COc1cccc(C2(CC(=O)O)CC2)c1OC1CCOCC1. The van der Waals surface area contributed by atoms with Gasteiger partial charge >= 0.3 is 5.97 Å². The number of carbonyl (C=O) groups is 1. The van der Waals surface area contributed by atoms with Crippen LogP contribution in [0.1, 0.15) is 37.7 Å². The molecule has 2 fully saturated rings. The summed E-state index contributed by atoms with van der Waals surface area (Å²) in [6.07, 6.45) is 3.72. The molecule has 0 aromatic heterocycles. The van der Waals surface area contributed by atoms with Gasteiger partial charge in [0, 0.05) is 23.8 Å². The minimum Gasteiger partial charge on any atom is -0.493 e. The summed E-state index contributed by atoms with van der Waals surface area (Å²) in [5.41, 5.74) is 0.682. The Hall–Kier alpha value is -1.75. The van der Waals surface area contributed by atoms with Crippen molar-refractivity contribution >= 4 is 5.97 Å². The Labute approximate surface area is 130 Å². The van der Waals surface area contributed by atoms with E-state index in [2.05, 4.69) is 0 Å². The summed E-state index contributed by atoms with van der Waals surface area (Å²) in [5.74, 6) is 0.633. The van der Waals surface area contributed by atoms with Crippen LogP contribution < -0.4 is 9.47 Å². The van der Waals surface area contributed by atoms with E-state index in [1.165, 1.54) is 0 Å². The Morgan fingerprint density at radius 3 is 2.68 bits per heavy atom. The second-order valence-electron chi connectivity index (χ2n) is 6.12. The number of carboxylic acids is 1. The molecule has 1 N–H and O–H groups in total. The summed E-state index contributed by atoms with van der Waals surface area (Å²) < 4.78 is 17.0. The zero-order valence-corrected chi connectivity index (χ0v) is 12.8. The van der Waals surface area contributed by atoms with Gasteiger partial charge in [-0.3, -0.25) is 4.79 Å². The van der Waals surface area contributed by atoms with Gasteiger partial charge in [-0.2, -0.15) is 0 Å². The lowest BCUT2D eigenvalue weighted by molar-refractivity contribution is -0.137. The quantitative estimate of drug-likeness (QED) is 0.875. The van der Waals surface area contributed by atoms with Crippen molar-refractivity contribution in [3.8, 4) is 11.5 Å². The molecule has 1 saturated carbocycles. The van der Waals surface area contributed by atoms with Crippen molar-refractivity contribution in [3.05, 3.63) is 23.8 Å². The minimum absolute atomic E-state index is 0.101. The van der Waals surface area contributed by atoms with Crippen molar-refractivity contribution in [1.29, 1.82) is 0 Å². The van der Waals surface area contributed by atoms with Crippen molar-refractivity contribution in [1.82, 2.24) is 0 Å². The fourth-order valence-electron chi connectivity index (χ4n) is 3.16. The normalized spacial score (nSPS) is 20.4. The van der Waals surface area contributed by atoms with Crippen LogP contribution in [0.15, 0.2) is 18.2 Å². The highest BCUT2D eigenvalue weighted by molar-refractivity contribution is 5.71. The van der Waals surface area contributed by atoms with Crippen LogP contribution in [-0.4, -0.2) is 37.5 Å². The Morgan fingerprint density at radius 1 is 1.36 bits per heavy atom. The van der Waals surface area contributed by atoms with Crippen LogP contribution >= 0.6 is 0 Å². The second kappa shape index (κ2) is 6.16. The number of ether oxygens (including phenoxy) is 3. The summed E-state index contributed by atoms with van der Waals surface area (Å²) >= 11 is 0. The van der Waals surface area contributed by atoms with Gasteiger partial charge in [-0.15, -0.1) is 0 Å². The van der Waals surface area contributed by atoms with E-state index in [9.17, 15) is 9.90 Å². The van der Waals surface area contributed by atoms with Crippen LogP contribution in [0.5, 0.6) is 11.5 Å². The van der Waals surface area contributed by atoms with Crippen LogP contribution in [0, 0.1) is 0 Å². The molecule has 0 spiro atoms. The van der Waals surface area contributed by atoms with Crippen LogP contribution in [0.25, 0.3) is 0 Å². The molecule has 3 rings (SSSR count). The van der Waals surface area contributed by atoms with Gasteiger partial charge in [-0.25, -0.2) is 0 Å². The molecule has 5 heteroatoms. The molecule has 1 aromatic rings. The van der Waals surface area contributed by atoms with E-state index in [0.717, 1.165) is 37.0 Å². The summed E-state index contributed by atoms with van der Waals surface area (Å²) in [6, 6.07) is 5.76. The topological polar surface area (TPSA) is 65.0 Å². The third-order valence-corrected chi connectivity index (χ3v) is 4.57. The first kappa shape index (κ1) is 15.2. The van der Waals surface area contributed by atoms with Gasteiger partial charge in [0.2, 0.25) is 0 Å². The molecule has 0 atom stereocenters. The number of hydrogen-bond acceptors (Lipinski definition) is 4. The van der Waals surface area contributed by atoms with Gasteiger partial charge in [-0.1, -0.05) is 12.1 Å². The predicted molar refractivity (Wildman–Crippen MR) is 80.6 cm³/mol. The van der Waals surface area contributed by atoms with E-state index in [1.807, 2.05) is 18.2 Å². The average molecular weight is 306 g/mol. The highest BCUT2D eigenvalue weighted by Crippen LogP contribution is 2.55. The van der Waals surface area contributed by atoms with Crippen molar-refractivity contribution in [2.24, 2.45) is 0 Å². The molecular formula is C17H22O5. The lowest BCUT2D eigenvalue weighted by Gasteiger charge is -2.27. The number of methoxy groups -OCH3 is 1. The molecule has 1 heterocycles. The molecule has 0 unspecified atom stereocenters. The van der Waals surface area contributed by atoms with Gasteiger partial charge in [0.05, 0.1) is 26.7 Å². The number of carboxylic acid groups (broad SMARTS) is 1. The third kappa shape index (κ3) is 3.04. The van der Waals surface area contributed by atoms with E-state index >= 15 is 0 Å². The largest absolute Gasteiger partial charge is 0.493 e. The second-order valence-corrected chi connectivity index (χ2v) is 6.12. The summed E-state index contributed by atoms with van der Waals surface area (Å²) in [5, 5.41) is 9.20. The molecule has 1 saturated heterocycles. The van der Waals surface area contributed by atoms with Gasteiger partial charge in [0.15, 0.2) is 11.5 Å². The zero-order valence-electron chi connectivity index (χ0n) is 12.8. The Balaban J connectivity index is 1.90. The van der Waals surface area contributed by atoms with Crippen LogP contribution in [0.3, 0.4) is 0 Å². The van der Waals surface area contributed by atoms with E-state index in [0.29, 0.717) is 19.0 Å². The molecule has 1 aromatic carbocycles. The van der Waals surface area contributed by atoms with E-state index in [-0.39, 0.29) is 17.9 Å². The maximum atomic E-state index is 11.2. The first-order valence-corrected chi connectivity index (χ1v) is 7.78. The highest BCUT2D eigenvalue weighted by atomic mass is 16.5. The predicted octanol–water partition coefficient (Wildman–Crippen LogP) is 2.76. The molecule has 1 aliphatic heterocycles.